The number of hydrogen-bond donors (Lipinski definition) is 2. The first-order valence-corrected chi connectivity index (χ1v) is 20.6. The Morgan fingerprint density at radius 3 is 2.43 bits per heavy atom. The fourth-order valence-corrected chi connectivity index (χ4v) is 10.5. The van der Waals surface area contributed by atoms with Crippen molar-refractivity contribution in [2.45, 2.75) is 69.2 Å². The van der Waals surface area contributed by atoms with Crippen LogP contribution in [0.25, 0.3) is 27.5 Å². The van der Waals surface area contributed by atoms with Crippen molar-refractivity contribution in [3.05, 3.63) is 77.1 Å². The lowest BCUT2D eigenvalue weighted by Crippen LogP contribution is -2.59. The molecule has 5 aliphatic rings. The standard InChI is InChI=1S/C41H40N12O4S/c1-43-32-16-33(34-7-5-26-14-24(17-42)18-45-53(26)34)44-19-31(32)38-47-48-41(58-38)50-21-27-3-4-28(22-50)51(27)25-10-12-49(13-11-25)20-23-2-6-29-30(15-23)40(57)52(39(29)56)35-8-9-36(54)46-37(35)55/h2,5-7,14-16,18-19,25,27-28,35H,3-4,8-13,20-22H2,1H3,(H,43,44)(H,46,54,55). The highest BCUT2D eigenvalue weighted by atomic mass is 32.1. The Labute approximate surface area is 337 Å². The Hall–Kier alpha value is -6.09. The predicted octanol–water partition coefficient (Wildman–Crippen LogP) is 3.55. The fraction of sp³-hybridized carbons (Fsp3) is 0.390. The van der Waals surface area contributed by atoms with E-state index < -0.39 is 23.8 Å². The maximum absolute atomic E-state index is 13.4. The molecule has 0 saturated carbocycles. The third kappa shape index (κ3) is 6.19. The quantitative estimate of drug-likeness (QED) is 0.218. The van der Waals surface area contributed by atoms with E-state index in [0.717, 1.165) is 87.8 Å². The van der Waals surface area contributed by atoms with Crippen molar-refractivity contribution in [1.82, 2.24) is 44.8 Å². The summed E-state index contributed by atoms with van der Waals surface area (Å²) in [5.74, 6) is -1.94. The number of fused-ring (bicyclic) bond motifs is 4. The van der Waals surface area contributed by atoms with Crippen molar-refractivity contribution in [3.8, 4) is 28.0 Å². The van der Waals surface area contributed by atoms with Crippen molar-refractivity contribution in [2.24, 2.45) is 0 Å². The van der Waals surface area contributed by atoms with Gasteiger partial charge in [0.1, 0.15) is 12.1 Å². The van der Waals surface area contributed by atoms with Crippen molar-refractivity contribution in [1.29, 1.82) is 5.26 Å². The number of nitriles is 1. The van der Waals surface area contributed by atoms with E-state index in [9.17, 15) is 24.4 Å². The van der Waals surface area contributed by atoms with Crippen LogP contribution in [0.4, 0.5) is 10.8 Å². The molecule has 5 aliphatic heterocycles. The van der Waals surface area contributed by atoms with Crippen LogP contribution >= 0.6 is 11.3 Å². The smallest absolute Gasteiger partial charge is 0.262 e. The molecule has 1 aromatic carbocycles. The van der Waals surface area contributed by atoms with Crippen LogP contribution in [0.2, 0.25) is 0 Å². The third-order valence-corrected chi connectivity index (χ3v) is 13.4. The number of benzene rings is 1. The van der Waals surface area contributed by atoms with E-state index in [-0.39, 0.29) is 18.7 Å². The first-order chi connectivity index (χ1) is 28.3. The Kier molecular flexibility index (Phi) is 8.99. The number of pyridine rings is 1. The molecule has 4 amide bonds. The van der Waals surface area contributed by atoms with E-state index in [1.807, 2.05) is 37.5 Å². The van der Waals surface area contributed by atoms with Gasteiger partial charge < -0.3 is 10.2 Å². The number of anilines is 2. The lowest BCUT2D eigenvalue weighted by Gasteiger charge is -2.47. The van der Waals surface area contributed by atoms with Gasteiger partial charge in [-0.25, -0.2) is 4.52 Å². The van der Waals surface area contributed by atoms with Gasteiger partial charge in [0.05, 0.1) is 45.4 Å². The summed E-state index contributed by atoms with van der Waals surface area (Å²) in [6.07, 6.45) is 8.09. The minimum atomic E-state index is -0.966. The number of nitrogens with one attached hydrogen (secondary N) is 2. The number of piperidine rings is 2. The van der Waals surface area contributed by atoms with E-state index in [0.29, 0.717) is 41.4 Å². The molecule has 0 aliphatic carbocycles. The maximum atomic E-state index is 13.4. The zero-order valence-corrected chi connectivity index (χ0v) is 32.6. The van der Waals surface area contributed by atoms with Gasteiger partial charge in [0, 0.05) is 63.1 Å². The first kappa shape index (κ1) is 36.3. The molecule has 16 nitrogen and oxygen atoms in total. The highest BCUT2D eigenvalue weighted by Crippen LogP contribution is 2.40. The molecule has 5 aromatic rings. The first-order valence-electron chi connectivity index (χ1n) is 19.8. The van der Waals surface area contributed by atoms with Crippen LogP contribution in [0, 0.1) is 11.3 Å². The van der Waals surface area contributed by atoms with Crippen LogP contribution in [0.15, 0.2) is 54.9 Å². The average molecular weight is 797 g/mol. The molecule has 0 radical (unpaired) electrons. The van der Waals surface area contributed by atoms with Gasteiger partial charge >= 0.3 is 0 Å². The molecule has 3 atom stereocenters. The van der Waals surface area contributed by atoms with E-state index in [1.54, 1.807) is 40.2 Å². The van der Waals surface area contributed by atoms with Crippen molar-refractivity contribution < 1.29 is 19.2 Å². The SMILES string of the molecule is CNc1cc(-c2ccc3cc(C#N)cnn23)ncc1-c1nnc(N2CC3CCC(C2)N3C2CCN(Cc3ccc4c(c3)C(=O)N(C3CCC(=O)NC3=O)C4=O)CC2)s1. The number of amides is 4. The summed E-state index contributed by atoms with van der Waals surface area (Å²) in [5.41, 5.74) is 6.30. The molecule has 0 spiro atoms. The molecule has 4 fully saturated rings. The van der Waals surface area contributed by atoms with Crippen LogP contribution < -0.4 is 15.5 Å². The second-order valence-corrected chi connectivity index (χ2v) is 16.7. The van der Waals surface area contributed by atoms with E-state index in [1.165, 1.54) is 12.8 Å². The monoisotopic (exact) mass is 796 g/mol. The Balaban J connectivity index is 0.764. The number of hydrogen-bond acceptors (Lipinski definition) is 14. The van der Waals surface area contributed by atoms with E-state index in [4.69, 9.17) is 4.98 Å². The van der Waals surface area contributed by atoms with Crippen LogP contribution in [0.1, 0.15) is 70.4 Å². The number of piperazine rings is 1. The molecule has 4 aromatic heterocycles. The van der Waals surface area contributed by atoms with Gasteiger partial charge in [0.25, 0.3) is 11.8 Å². The highest BCUT2D eigenvalue weighted by Gasteiger charge is 2.46. The van der Waals surface area contributed by atoms with Crippen LogP contribution in [-0.4, -0.2) is 121 Å². The van der Waals surface area contributed by atoms with Gasteiger partial charge in [0.15, 0.2) is 5.01 Å². The molecule has 294 valence electrons. The summed E-state index contributed by atoms with van der Waals surface area (Å²) < 4.78 is 1.79. The molecular formula is C41H40N12O4S. The van der Waals surface area contributed by atoms with Gasteiger partial charge in [-0.2, -0.15) is 10.4 Å². The molecule has 9 heterocycles. The van der Waals surface area contributed by atoms with E-state index >= 15 is 0 Å². The molecule has 4 saturated heterocycles. The molecule has 10 rings (SSSR count). The predicted molar refractivity (Wildman–Crippen MR) is 214 cm³/mol. The molecule has 58 heavy (non-hydrogen) atoms. The van der Waals surface area contributed by atoms with Crippen LogP contribution in [-0.2, 0) is 16.1 Å². The number of rotatable bonds is 8. The summed E-state index contributed by atoms with van der Waals surface area (Å²) in [6.45, 7) is 4.40. The highest BCUT2D eigenvalue weighted by molar-refractivity contribution is 7.18. The summed E-state index contributed by atoms with van der Waals surface area (Å²) in [7, 11) is 1.89. The summed E-state index contributed by atoms with van der Waals surface area (Å²) in [4.78, 5) is 64.0. The molecular weight excluding hydrogens is 757 g/mol. The second-order valence-electron chi connectivity index (χ2n) is 15.7. The van der Waals surface area contributed by atoms with Crippen molar-refractivity contribution >= 4 is 51.3 Å². The number of carbonyl (C=O) groups is 4. The lowest BCUT2D eigenvalue weighted by molar-refractivity contribution is -0.136. The number of nitrogens with zero attached hydrogens (tertiary/aromatic N) is 10. The fourth-order valence-electron chi connectivity index (χ4n) is 9.62. The van der Waals surface area contributed by atoms with Crippen LogP contribution in [0.5, 0.6) is 0 Å². The number of carbonyl (C=O) groups excluding carboxylic acids is 4. The number of likely N-dealkylation sites (tertiary alicyclic amines) is 1. The van der Waals surface area contributed by atoms with Crippen molar-refractivity contribution in [3.63, 3.8) is 0 Å². The Bertz CT molecular complexity index is 2540. The Morgan fingerprint density at radius 1 is 0.879 bits per heavy atom. The van der Waals surface area contributed by atoms with Crippen molar-refractivity contribution in [2.75, 3.05) is 43.4 Å². The zero-order valence-electron chi connectivity index (χ0n) is 31.8. The average Bonchev–Trinajstić information content (AvgIpc) is 4.01. The maximum Gasteiger partial charge on any atom is 0.262 e. The van der Waals surface area contributed by atoms with Gasteiger partial charge in [-0.3, -0.25) is 44.2 Å². The van der Waals surface area contributed by atoms with Gasteiger partial charge in [0.2, 0.25) is 16.9 Å². The van der Waals surface area contributed by atoms with Gasteiger partial charge in [-0.05, 0) is 87.2 Å². The topological polar surface area (TPSA) is 185 Å². The minimum absolute atomic E-state index is 0.0968. The molecule has 17 heteroatoms. The van der Waals surface area contributed by atoms with E-state index in [2.05, 4.69) is 46.7 Å². The number of aromatic nitrogens is 5. The molecule has 2 bridgehead atoms. The second kappa shape index (κ2) is 14.4. The Morgan fingerprint density at radius 2 is 1.67 bits per heavy atom. The summed E-state index contributed by atoms with van der Waals surface area (Å²) in [6, 6.07) is 15.7. The van der Waals surface area contributed by atoms with Gasteiger partial charge in [-0.1, -0.05) is 17.4 Å². The minimum Gasteiger partial charge on any atom is -0.387 e. The largest absolute Gasteiger partial charge is 0.387 e. The summed E-state index contributed by atoms with van der Waals surface area (Å²) >= 11 is 1.59. The van der Waals surface area contributed by atoms with Crippen LogP contribution in [0.3, 0.4) is 0 Å². The normalized spacial score (nSPS) is 22.8. The zero-order chi connectivity index (χ0) is 39.7. The molecule has 3 unspecified atom stereocenters. The third-order valence-electron chi connectivity index (χ3n) is 12.4. The van der Waals surface area contributed by atoms with Gasteiger partial charge in [-0.15, -0.1) is 10.2 Å². The molecule has 2 N–H and O–H groups in total. The number of imide groups is 2. The summed E-state index contributed by atoms with van der Waals surface area (Å²) in [5, 5.41) is 30.3. The lowest BCUT2D eigenvalue weighted by atomic mass is 9.98.